The molecular formula is C18H18ClNO4S. The number of benzene rings is 2. The van der Waals surface area contributed by atoms with Crippen LogP contribution in [0.2, 0.25) is 5.02 Å². The number of sulfonamides is 1. The Hall–Kier alpha value is -2.31. The molecule has 0 N–H and O–H groups in total. The number of halogens is 1. The van der Waals surface area contributed by atoms with Gasteiger partial charge in [-0.3, -0.25) is 4.31 Å². The Bertz CT molecular complexity index is 866. The summed E-state index contributed by atoms with van der Waals surface area (Å²) in [7, 11) is -3.79. The van der Waals surface area contributed by atoms with Crippen LogP contribution in [-0.4, -0.2) is 27.5 Å². The second-order valence-corrected chi connectivity index (χ2v) is 7.29. The maximum Gasteiger partial charge on any atom is 0.339 e. The largest absolute Gasteiger partial charge is 0.462 e. The van der Waals surface area contributed by atoms with Crippen molar-refractivity contribution in [2.24, 2.45) is 0 Å². The molecule has 0 heterocycles. The standard InChI is InChI=1S/C18H18ClNO4S/c1-3-12-20(25(22,23)15-8-6-5-7-9-15)14-10-11-16(17(19)13-14)18(21)24-4-2/h3,5-11,13H,1,4,12H2,2H3. The van der Waals surface area contributed by atoms with Crippen molar-refractivity contribution < 1.29 is 17.9 Å². The van der Waals surface area contributed by atoms with Gasteiger partial charge >= 0.3 is 5.97 Å². The first-order valence-corrected chi connectivity index (χ1v) is 9.39. The summed E-state index contributed by atoms with van der Waals surface area (Å²) in [6.07, 6.45) is 1.48. The molecule has 0 aromatic heterocycles. The lowest BCUT2D eigenvalue weighted by Crippen LogP contribution is -2.31. The van der Waals surface area contributed by atoms with Gasteiger partial charge in [0.05, 0.1) is 34.3 Å². The summed E-state index contributed by atoms with van der Waals surface area (Å²) >= 11 is 6.15. The van der Waals surface area contributed by atoms with Crippen molar-refractivity contribution in [3.05, 3.63) is 71.8 Å². The third-order valence-corrected chi connectivity index (χ3v) is 5.48. The van der Waals surface area contributed by atoms with Gasteiger partial charge in [-0.05, 0) is 37.3 Å². The molecule has 0 saturated heterocycles. The molecule has 0 unspecified atom stereocenters. The van der Waals surface area contributed by atoms with Crippen molar-refractivity contribution >= 4 is 33.3 Å². The summed E-state index contributed by atoms with van der Waals surface area (Å²) in [5, 5.41) is 0.119. The fraction of sp³-hybridized carbons (Fsp3) is 0.167. The molecule has 132 valence electrons. The Labute approximate surface area is 152 Å². The van der Waals surface area contributed by atoms with Crippen LogP contribution in [-0.2, 0) is 14.8 Å². The molecule has 2 aromatic carbocycles. The highest BCUT2D eigenvalue weighted by atomic mass is 35.5. The number of carbonyl (C=O) groups is 1. The minimum atomic E-state index is -3.79. The van der Waals surface area contributed by atoms with E-state index in [-0.39, 0.29) is 28.6 Å². The van der Waals surface area contributed by atoms with E-state index < -0.39 is 16.0 Å². The van der Waals surface area contributed by atoms with E-state index in [1.54, 1.807) is 25.1 Å². The molecule has 25 heavy (non-hydrogen) atoms. The summed E-state index contributed by atoms with van der Waals surface area (Å²) in [6, 6.07) is 12.5. The third kappa shape index (κ3) is 4.21. The van der Waals surface area contributed by atoms with Crippen LogP contribution in [0.5, 0.6) is 0 Å². The molecule has 7 heteroatoms. The van der Waals surface area contributed by atoms with Crippen molar-refractivity contribution in [2.45, 2.75) is 11.8 Å². The average molecular weight is 380 g/mol. The van der Waals surface area contributed by atoms with E-state index in [0.29, 0.717) is 5.69 Å². The quantitative estimate of drug-likeness (QED) is 0.540. The van der Waals surface area contributed by atoms with E-state index in [9.17, 15) is 13.2 Å². The lowest BCUT2D eigenvalue weighted by molar-refractivity contribution is 0.0526. The van der Waals surface area contributed by atoms with Crippen LogP contribution in [0.15, 0.2) is 66.1 Å². The molecule has 0 bridgehead atoms. The van der Waals surface area contributed by atoms with E-state index in [2.05, 4.69) is 6.58 Å². The molecule has 0 saturated carbocycles. The van der Waals surface area contributed by atoms with Crippen molar-refractivity contribution in [1.82, 2.24) is 0 Å². The highest BCUT2D eigenvalue weighted by molar-refractivity contribution is 7.92. The van der Waals surface area contributed by atoms with Crippen LogP contribution in [0, 0.1) is 0 Å². The Kier molecular flexibility index (Phi) is 6.22. The van der Waals surface area contributed by atoms with Gasteiger partial charge in [0.25, 0.3) is 10.0 Å². The Balaban J connectivity index is 2.46. The van der Waals surface area contributed by atoms with Crippen molar-refractivity contribution in [3.63, 3.8) is 0 Å². The van der Waals surface area contributed by atoms with E-state index in [0.717, 1.165) is 0 Å². The summed E-state index contributed by atoms with van der Waals surface area (Å²) in [5.41, 5.74) is 0.518. The zero-order valence-electron chi connectivity index (χ0n) is 13.7. The fourth-order valence-corrected chi connectivity index (χ4v) is 3.91. The zero-order chi connectivity index (χ0) is 18.4. The first-order chi connectivity index (χ1) is 11.9. The van der Waals surface area contributed by atoms with Gasteiger partial charge in [0.1, 0.15) is 0 Å². The van der Waals surface area contributed by atoms with E-state index >= 15 is 0 Å². The number of nitrogens with zero attached hydrogens (tertiary/aromatic N) is 1. The molecule has 2 rings (SSSR count). The highest BCUT2D eigenvalue weighted by Crippen LogP contribution is 2.28. The Morgan fingerprint density at radius 3 is 2.48 bits per heavy atom. The number of carbonyl (C=O) groups excluding carboxylic acids is 1. The molecule has 2 aromatic rings. The molecule has 0 fully saturated rings. The Morgan fingerprint density at radius 2 is 1.92 bits per heavy atom. The minimum absolute atomic E-state index is 0.0618. The first-order valence-electron chi connectivity index (χ1n) is 7.57. The van der Waals surface area contributed by atoms with Gasteiger partial charge in [0, 0.05) is 0 Å². The van der Waals surface area contributed by atoms with E-state index in [4.69, 9.17) is 16.3 Å². The molecule has 0 atom stereocenters. The molecule has 0 radical (unpaired) electrons. The molecule has 0 aliphatic carbocycles. The van der Waals surface area contributed by atoms with Crippen molar-refractivity contribution in [3.8, 4) is 0 Å². The van der Waals surface area contributed by atoms with Gasteiger partial charge in [-0.25, -0.2) is 13.2 Å². The van der Waals surface area contributed by atoms with Crippen LogP contribution in [0.1, 0.15) is 17.3 Å². The SMILES string of the molecule is C=CCN(c1ccc(C(=O)OCC)c(Cl)c1)S(=O)(=O)c1ccccc1. The predicted molar refractivity (Wildman–Crippen MR) is 98.6 cm³/mol. The number of ether oxygens (including phenoxy) is 1. The number of rotatable bonds is 7. The fourth-order valence-electron chi connectivity index (χ4n) is 2.21. The van der Waals surface area contributed by atoms with E-state index in [1.165, 1.54) is 40.7 Å². The first kappa shape index (κ1) is 19.0. The minimum Gasteiger partial charge on any atom is -0.462 e. The van der Waals surface area contributed by atoms with Crippen LogP contribution in [0.3, 0.4) is 0 Å². The highest BCUT2D eigenvalue weighted by Gasteiger charge is 2.25. The van der Waals surface area contributed by atoms with Gasteiger partial charge < -0.3 is 4.74 Å². The zero-order valence-corrected chi connectivity index (χ0v) is 15.3. The number of anilines is 1. The van der Waals surface area contributed by atoms with Gasteiger partial charge in [-0.1, -0.05) is 35.9 Å². The topological polar surface area (TPSA) is 63.7 Å². The Morgan fingerprint density at radius 1 is 1.24 bits per heavy atom. The summed E-state index contributed by atoms with van der Waals surface area (Å²) in [5.74, 6) is -0.555. The second kappa shape index (κ2) is 8.18. The monoisotopic (exact) mass is 379 g/mol. The van der Waals surface area contributed by atoms with Gasteiger partial charge in [-0.2, -0.15) is 0 Å². The molecule has 0 aliphatic heterocycles. The van der Waals surface area contributed by atoms with Crippen molar-refractivity contribution in [1.29, 1.82) is 0 Å². The number of hydrogen-bond donors (Lipinski definition) is 0. The van der Waals surface area contributed by atoms with Gasteiger partial charge in [0.2, 0.25) is 0 Å². The van der Waals surface area contributed by atoms with Gasteiger partial charge in [-0.15, -0.1) is 6.58 Å². The predicted octanol–water partition coefficient (Wildman–Crippen LogP) is 3.90. The second-order valence-electron chi connectivity index (χ2n) is 5.02. The molecule has 5 nitrogen and oxygen atoms in total. The molecule has 0 amide bonds. The maximum absolute atomic E-state index is 12.9. The van der Waals surface area contributed by atoms with Crippen LogP contribution in [0.25, 0.3) is 0 Å². The molecule has 0 aliphatic rings. The summed E-state index contributed by atoms with van der Waals surface area (Å²) in [6.45, 7) is 5.59. The number of hydrogen-bond acceptors (Lipinski definition) is 4. The molecule has 0 spiro atoms. The third-order valence-electron chi connectivity index (χ3n) is 3.36. The lowest BCUT2D eigenvalue weighted by Gasteiger charge is -2.23. The lowest BCUT2D eigenvalue weighted by atomic mass is 10.2. The van der Waals surface area contributed by atoms with Crippen LogP contribution < -0.4 is 4.31 Å². The average Bonchev–Trinajstić information content (AvgIpc) is 2.60. The normalized spacial score (nSPS) is 11.0. The van der Waals surface area contributed by atoms with E-state index in [1.807, 2.05) is 0 Å². The molecular weight excluding hydrogens is 362 g/mol. The summed E-state index contributed by atoms with van der Waals surface area (Å²) in [4.78, 5) is 12.0. The summed E-state index contributed by atoms with van der Waals surface area (Å²) < 4.78 is 31.9. The van der Waals surface area contributed by atoms with Crippen LogP contribution >= 0.6 is 11.6 Å². The smallest absolute Gasteiger partial charge is 0.339 e. The van der Waals surface area contributed by atoms with Gasteiger partial charge in [0.15, 0.2) is 0 Å². The number of esters is 1. The van der Waals surface area contributed by atoms with Crippen LogP contribution in [0.4, 0.5) is 5.69 Å². The maximum atomic E-state index is 12.9. The van der Waals surface area contributed by atoms with Crippen molar-refractivity contribution in [2.75, 3.05) is 17.5 Å².